The number of likely N-dealkylation sites (N-methyl/N-ethyl adjacent to an activating group) is 1. The minimum atomic E-state index is -1.21. The largest absolute Gasteiger partial charge is 0.484 e. The van der Waals surface area contributed by atoms with Crippen LogP contribution in [0.15, 0.2) is 4.52 Å². The van der Waals surface area contributed by atoms with E-state index in [0.717, 1.165) is 18.8 Å². The third-order valence-corrected chi connectivity index (χ3v) is 6.89. The van der Waals surface area contributed by atoms with Crippen LogP contribution >= 0.6 is 0 Å². The molecule has 2 aliphatic carbocycles. The number of ether oxygens (including phenoxy) is 2. The Morgan fingerprint density at radius 1 is 1.30 bits per heavy atom. The molecule has 0 bridgehead atoms. The Bertz CT molecular complexity index is 813. The zero-order valence-electron chi connectivity index (χ0n) is 20.7. The van der Waals surface area contributed by atoms with Gasteiger partial charge >= 0.3 is 11.9 Å². The molecule has 2 fully saturated rings. The molecule has 3 atom stereocenters. The van der Waals surface area contributed by atoms with Gasteiger partial charge in [0, 0.05) is 20.8 Å². The fourth-order valence-electron chi connectivity index (χ4n) is 4.98. The Balaban J connectivity index is 1.71. The van der Waals surface area contributed by atoms with Crippen molar-refractivity contribution in [1.29, 1.82) is 0 Å². The van der Waals surface area contributed by atoms with Crippen molar-refractivity contribution >= 4 is 11.9 Å². The summed E-state index contributed by atoms with van der Waals surface area (Å²) >= 11 is 0. The topological polar surface area (TPSA) is 119 Å². The summed E-state index contributed by atoms with van der Waals surface area (Å²) < 4.78 is 16.0. The van der Waals surface area contributed by atoms with Gasteiger partial charge in [-0.05, 0) is 31.7 Å². The Morgan fingerprint density at radius 2 is 2.00 bits per heavy atom. The molecule has 1 aromatic rings. The Hall–Kier alpha value is -2.00. The summed E-state index contributed by atoms with van der Waals surface area (Å²) in [4.78, 5) is 28.0. The highest BCUT2D eigenvalue weighted by Gasteiger charge is 2.62. The first-order chi connectivity index (χ1) is 15.5. The fraction of sp³-hybridized carbons (Fsp3) is 0.833. The van der Waals surface area contributed by atoms with E-state index in [2.05, 4.69) is 14.9 Å². The monoisotopic (exact) mass is 466 g/mol. The molecule has 0 radical (unpaired) electrons. The number of carbonyl (C=O) groups is 1. The Morgan fingerprint density at radius 3 is 2.64 bits per heavy atom. The molecule has 3 unspecified atom stereocenters. The normalized spacial score (nSPS) is 24.5. The highest BCUT2D eigenvalue weighted by Crippen LogP contribution is 2.59. The molecule has 0 spiro atoms. The fourth-order valence-corrected chi connectivity index (χ4v) is 4.98. The molecular weight excluding hydrogens is 426 g/mol. The molecule has 2 saturated carbocycles. The summed E-state index contributed by atoms with van der Waals surface area (Å²) in [7, 11) is 2.87. The van der Waals surface area contributed by atoms with Gasteiger partial charge in [0.15, 0.2) is 11.8 Å². The minimum Gasteiger partial charge on any atom is -0.468 e. The van der Waals surface area contributed by atoms with Gasteiger partial charge in [0.25, 0.3) is 0 Å². The highest BCUT2D eigenvalue weighted by atomic mass is 16.6. The number of rotatable bonds is 10. The third-order valence-electron chi connectivity index (χ3n) is 6.89. The molecular formula is C24H40N3O6+. The van der Waals surface area contributed by atoms with Crippen molar-refractivity contribution in [1.82, 2.24) is 15.0 Å². The molecule has 0 aromatic carbocycles. The molecule has 2 N–H and O–H groups in total. The molecule has 3 rings (SSSR count). The molecule has 9 nitrogen and oxygen atoms in total. The molecule has 0 amide bonds. The van der Waals surface area contributed by atoms with Gasteiger partial charge in [0.05, 0.1) is 19.1 Å². The van der Waals surface area contributed by atoms with Crippen molar-refractivity contribution < 1.29 is 28.7 Å². The molecule has 1 aromatic heterocycles. The quantitative estimate of drug-likeness (QED) is 0.316. The second-order valence-corrected chi connectivity index (χ2v) is 10.7. The molecule has 9 heteroatoms. The van der Waals surface area contributed by atoms with E-state index in [1.165, 1.54) is 50.5 Å². The number of hydrogen-bond donors (Lipinski definition) is 1. The first-order valence-electron chi connectivity index (χ1n) is 12.1. The lowest BCUT2D eigenvalue weighted by molar-refractivity contribution is -0.144. The van der Waals surface area contributed by atoms with Crippen molar-refractivity contribution in [2.45, 2.75) is 95.8 Å². The van der Waals surface area contributed by atoms with E-state index in [1.54, 1.807) is 7.05 Å². The molecule has 186 valence electrons. The van der Waals surface area contributed by atoms with Crippen LogP contribution in [0.5, 0.6) is 0 Å². The first kappa shape index (κ1) is 25.6. The van der Waals surface area contributed by atoms with Crippen LogP contribution < -0.4 is 0 Å². The Kier molecular flexibility index (Phi) is 8.16. The Labute approximate surface area is 196 Å². The van der Waals surface area contributed by atoms with Crippen LogP contribution in [0.2, 0.25) is 0 Å². The molecule has 2 aliphatic rings. The summed E-state index contributed by atoms with van der Waals surface area (Å²) in [6.07, 6.45) is 8.69. The van der Waals surface area contributed by atoms with E-state index in [9.17, 15) is 14.7 Å². The zero-order chi connectivity index (χ0) is 24.2. The number of esters is 2. The van der Waals surface area contributed by atoms with Crippen LogP contribution in [0, 0.1) is 11.8 Å². The van der Waals surface area contributed by atoms with Gasteiger partial charge in [-0.25, -0.2) is 0 Å². The van der Waals surface area contributed by atoms with E-state index >= 15 is 0 Å². The summed E-state index contributed by atoms with van der Waals surface area (Å²) in [6.45, 7) is 5.57. The van der Waals surface area contributed by atoms with Crippen molar-refractivity contribution in [3.05, 3.63) is 11.7 Å². The maximum absolute atomic E-state index is 11.5. The van der Waals surface area contributed by atoms with Crippen LogP contribution in [-0.2, 0) is 19.7 Å². The third kappa shape index (κ3) is 6.76. The molecule has 0 saturated heterocycles. The van der Waals surface area contributed by atoms with E-state index in [-0.39, 0.29) is 24.8 Å². The van der Waals surface area contributed by atoms with Gasteiger partial charge in [0.1, 0.15) is 6.42 Å². The summed E-state index contributed by atoms with van der Waals surface area (Å²) in [5.41, 5.74) is -1.000. The smallest absolute Gasteiger partial charge is 0.468 e. The summed E-state index contributed by atoms with van der Waals surface area (Å²) in [6, 6.07) is 0. The maximum Gasteiger partial charge on any atom is 0.484 e. The number of methoxy groups -OCH3 is 1. The van der Waals surface area contributed by atoms with Crippen molar-refractivity contribution in [2.24, 2.45) is 11.8 Å². The van der Waals surface area contributed by atoms with Crippen LogP contribution in [0.4, 0.5) is 0 Å². The van der Waals surface area contributed by atoms with E-state index < -0.39 is 23.2 Å². The number of hydrogen-bond acceptors (Lipinski definition) is 8. The minimum absolute atomic E-state index is 0.0363. The van der Waals surface area contributed by atoms with Crippen LogP contribution in [0.1, 0.15) is 96.5 Å². The van der Waals surface area contributed by atoms with Crippen molar-refractivity contribution in [2.75, 3.05) is 20.7 Å². The average Bonchev–Trinajstić information content (AvgIpc) is 3.20. The number of aromatic nitrogens is 2. The lowest BCUT2D eigenvalue weighted by atomic mass is 9.84. The van der Waals surface area contributed by atoms with E-state index in [0.29, 0.717) is 11.8 Å². The van der Waals surface area contributed by atoms with Crippen LogP contribution in [-0.4, -0.2) is 63.2 Å². The van der Waals surface area contributed by atoms with Gasteiger partial charge < -0.3 is 23.9 Å². The number of carbonyl (C=O) groups excluding carboxylic acids is 2. The lowest BCUT2D eigenvalue weighted by Crippen LogP contribution is -2.31. The first-order valence-corrected chi connectivity index (χ1v) is 12.1. The molecule has 1 heterocycles. The summed E-state index contributed by atoms with van der Waals surface area (Å²) in [5, 5.41) is 14.5. The van der Waals surface area contributed by atoms with Crippen molar-refractivity contribution in [3.63, 3.8) is 0 Å². The van der Waals surface area contributed by atoms with Crippen LogP contribution in [0.3, 0.4) is 0 Å². The lowest BCUT2D eigenvalue weighted by Gasteiger charge is -2.21. The van der Waals surface area contributed by atoms with Gasteiger partial charge in [-0.2, -0.15) is 4.98 Å². The molecule has 33 heavy (non-hydrogen) atoms. The standard InChI is InChI=1S/C24H39N3O6/c1-23(2,3)32-18(28)14-24(13-17(24)12-11-16-9-7-6-8-10-16)22-25-20(26-33-22)21(30)27(4)15-19(29)31-5/h16-17,21,30H,6-15H2,1-5H3/p+1. The number of aliphatic hydroxyl groups excluding tert-OH is 1. The average molecular weight is 467 g/mol. The van der Waals surface area contributed by atoms with E-state index in [1.807, 2.05) is 20.8 Å². The second kappa shape index (κ2) is 10.5. The van der Waals surface area contributed by atoms with Gasteiger partial charge in [-0.1, -0.05) is 43.7 Å². The second-order valence-electron chi connectivity index (χ2n) is 10.7. The van der Waals surface area contributed by atoms with Gasteiger partial charge in [0.2, 0.25) is 11.7 Å². The molecule has 0 aliphatic heterocycles. The highest BCUT2D eigenvalue weighted by molar-refractivity contribution is 5.73. The van der Waals surface area contributed by atoms with Gasteiger partial charge in [-0.3, -0.25) is 9.69 Å². The maximum atomic E-state index is 11.5. The zero-order valence-corrected chi connectivity index (χ0v) is 20.7. The predicted octanol–water partition coefficient (Wildman–Crippen LogP) is 3.49. The number of aliphatic hydroxyl groups is 1. The predicted molar refractivity (Wildman–Crippen MR) is 122 cm³/mol. The van der Waals surface area contributed by atoms with Crippen LogP contribution in [0.25, 0.3) is 0 Å². The summed E-state index contributed by atoms with van der Waals surface area (Å²) in [5.74, 6) is 1.06. The number of nitrogens with zero attached hydrogens (tertiary/aromatic N) is 3. The SMILES string of the molecule is COC(=O)CN(C)C(O)c1noc(C2(CC(=[OH+])OC(C)(C)C)CC2CCC2CCCCC2)n1. The van der Waals surface area contributed by atoms with Crippen molar-refractivity contribution in [3.8, 4) is 0 Å². The van der Waals surface area contributed by atoms with Gasteiger partial charge in [-0.15, -0.1) is 0 Å². The van der Waals surface area contributed by atoms with E-state index in [4.69, 9.17) is 9.26 Å².